The minimum absolute atomic E-state index is 0.252. The number of hydrogen-bond acceptors (Lipinski definition) is 1. The van der Waals surface area contributed by atoms with Crippen molar-refractivity contribution < 1.29 is 9.50 Å². The van der Waals surface area contributed by atoms with E-state index in [9.17, 15) is 9.50 Å². The molecule has 0 heterocycles. The molecule has 1 saturated carbocycles. The van der Waals surface area contributed by atoms with Crippen LogP contribution in [-0.4, -0.2) is 5.11 Å². The van der Waals surface area contributed by atoms with E-state index in [0.29, 0.717) is 24.0 Å². The predicted molar refractivity (Wildman–Crippen MR) is 61.3 cm³/mol. The van der Waals surface area contributed by atoms with Gasteiger partial charge in [-0.05, 0) is 50.3 Å². The van der Waals surface area contributed by atoms with Gasteiger partial charge in [-0.2, -0.15) is 0 Å². The highest BCUT2D eigenvalue weighted by Crippen LogP contribution is 2.44. The molecule has 0 radical (unpaired) electrons. The molecule has 1 N–H and O–H groups in total. The summed E-state index contributed by atoms with van der Waals surface area (Å²) in [4.78, 5) is 0. The van der Waals surface area contributed by atoms with Crippen LogP contribution in [-0.2, 0) is 5.60 Å². The van der Waals surface area contributed by atoms with Gasteiger partial charge < -0.3 is 5.11 Å². The van der Waals surface area contributed by atoms with Gasteiger partial charge in [-0.15, -0.1) is 0 Å². The number of hydrogen-bond donors (Lipinski definition) is 1. The maximum Gasteiger partial charge on any atom is 0.132 e. The summed E-state index contributed by atoms with van der Waals surface area (Å²) < 4.78 is 14.9. The molecule has 0 atom stereocenters. The summed E-state index contributed by atoms with van der Waals surface area (Å²) in [6.45, 7) is 3.62. The molecule has 0 aliphatic heterocycles. The van der Waals surface area contributed by atoms with Gasteiger partial charge >= 0.3 is 0 Å². The van der Waals surface area contributed by atoms with Crippen molar-refractivity contribution in [3.8, 4) is 0 Å². The average Bonchev–Trinajstić information content (AvgIpc) is 2.17. The van der Waals surface area contributed by atoms with E-state index in [1.807, 2.05) is 6.92 Å². The molecule has 82 valence electrons. The molecule has 1 aromatic carbocycles. The maximum atomic E-state index is 14.0. The topological polar surface area (TPSA) is 20.2 Å². The zero-order valence-corrected chi connectivity index (χ0v) is 10.5. The molecule has 0 aromatic heterocycles. The molecule has 0 saturated heterocycles. The molecular weight excluding hydrogens is 259 g/mol. The van der Waals surface area contributed by atoms with E-state index in [4.69, 9.17) is 0 Å². The summed E-state index contributed by atoms with van der Waals surface area (Å²) >= 11 is 3.40. The third kappa shape index (κ3) is 1.62. The van der Waals surface area contributed by atoms with Crippen molar-refractivity contribution in [2.45, 2.75) is 38.7 Å². The smallest absolute Gasteiger partial charge is 0.132 e. The molecule has 1 aromatic rings. The molecule has 0 amide bonds. The van der Waals surface area contributed by atoms with Gasteiger partial charge in [0.1, 0.15) is 5.82 Å². The first kappa shape index (κ1) is 11.1. The molecular formula is C12H14BrFO. The van der Waals surface area contributed by atoms with Crippen LogP contribution in [0.5, 0.6) is 0 Å². The summed E-state index contributed by atoms with van der Waals surface area (Å²) in [5.41, 5.74) is 1.05. The van der Waals surface area contributed by atoms with Crippen molar-refractivity contribution in [1.29, 1.82) is 0 Å². The normalized spacial score (nSPS) is 18.7. The summed E-state index contributed by atoms with van der Waals surface area (Å²) in [5.74, 6) is -0.252. The Kier molecular flexibility index (Phi) is 2.63. The predicted octanol–water partition coefficient (Wildman–Crippen LogP) is 3.58. The van der Waals surface area contributed by atoms with Crippen molar-refractivity contribution in [3.05, 3.63) is 33.0 Å². The molecule has 15 heavy (non-hydrogen) atoms. The second-order valence-corrected chi connectivity index (χ2v) is 5.21. The summed E-state index contributed by atoms with van der Waals surface area (Å²) in [7, 11) is 0. The fourth-order valence-corrected chi connectivity index (χ4v) is 2.49. The Morgan fingerprint density at radius 3 is 2.40 bits per heavy atom. The Labute approximate surface area is 97.4 Å². The highest BCUT2D eigenvalue weighted by Gasteiger charge is 2.39. The van der Waals surface area contributed by atoms with Crippen LogP contribution in [0, 0.1) is 19.7 Å². The van der Waals surface area contributed by atoms with Crippen molar-refractivity contribution in [3.63, 3.8) is 0 Å². The maximum absolute atomic E-state index is 14.0. The Morgan fingerprint density at radius 1 is 1.33 bits per heavy atom. The first-order chi connectivity index (χ1) is 6.96. The van der Waals surface area contributed by atoms with Crippen LogP contribution < -0.4 is 0 Å². The lowest BCUT2D eigenvalue weighted by atomic mass is 9.74. The summed E-state index contributed by atoms with van der Waals surface area (Å²) in [5, 5.41) is 10.1. The quantitative estimate of drug-likeness (QED) is 0.829. The van der Waals surface area contributed by atoms with E-state index in [2.05, 4.69) is 15.9 Å². The number of halogens is 2. The summed E-state index contributed by atoms with van der Waals surface area (Å²) in [6.07, 6.45) is 2.30. The van der Waals surface area contributed by atoms with Crippen molar-refractivity contribution >= 4 is 15.9 Å². The monoisotopic (exact) mass is 272 g/mol. The van der Waals surface area contributed by atoms with Gasteiger partial charge in [0.15, 0.2) is 0 Å². The van der Waals surface area contributed by atoms with E-state index < -0.39 is 5.60 Å². The van der Waals surface area contributed by atoms with Gasteiger partial charge in [0, 0.05) is 10.0 Å². The second-order valence-electron chi connectivity index (χ2n) is 4.36. The lowest BCUT2D eigenvalue weighted by Gasteiger charge is -2.37. The van der Waals surface area contributed by atoms with Crippen molar-refractivity contribution in [1.82, 2.24) is 0 Å². The van der Waals surface area contributed by atoms with E-state index in [-0.39, 0.29) is 5.82 Å². The molecule has 1 aliphatic rings. The number of aliphatic hydroxyl groups is 1. The molecule has 0 bridgehead atoms. The largest absolute Gasteiger partial charge is 0.385 e. The van der Waals surface area contributed by atoms with Crippen LogP contribution in [0.4, 0.5) is 4.39 Å². The van der Waals surface area contributed by atoms with Gasteiger partial charge in [0.25, 0.3) is 0 Å². The minimum atomic E-state index is -0.926. The van der Waals surface area contributed by atoms with E-state index in [1.54, 1.807) is 13.0 Å². The van der Waals surface area contributed by atoms with Crippen LogP contribution in [0.15, 0.2) is 10.5 Å². The van der Waals surface area contributed by atoms with Crippen LogP contribution in [0.25, 0.3) is 0 Å². The molecule has 1 nitrogen and oxygen atoms in total. The Balaban J connectivity index is 2.58. The lowest BCUT2D eigenvalue weighted by Crippen LogP contribution is -2.35. The van der Waals surface area contributed by atoms with E-state index >= 15 is 0 Å². The van der Waals surface area contributed by atoms with Gasteiger partial charge in [-0.25, -0.2) is 4.39 Å². The van der Waals surface area contributed by atoms with Crippen molar-refractivity contribution in [2.24, 2.45) is 0 Å². The SMILES string of the molecule is Cc1c(Br)cc(C2(O)CCC2)c(F)c1C. The lowest BCUT2D eigenvalue weighted by molar-refractivity contribution is -0.0418. The first-order valence-corrected chi connectivity index (χ1v) is 5.93. The Morgan fingerprint density at radius 2 is 1.93 bits per heavy atom. The summed E-state index contributed by atoms with van der Waals surface area (Å²) in [6, 6.07) is 1.72. The van der Waals surface area contributed by atoms with Crippen LogP contribution in [0.1, 0.15) is 36.0 Å². The fourth-order valence-electron chi connectivity index (χ4n) is 1.96. The first-order valence-electron chi connectivity index (χ1n) is 5.14. The molecule has 0 spiro atoms. The van der Waals surface area contributed by atoms with Crippen LogP contribution in [0.3, 0.4) is 0 Å². The third-order valence-electron chi connectivity index (χ3n) is 3.44. The standard InChI is InChI=1S/C12H14BrFO/c1-7-8(2)11(14)9(6-10(7)13)12(15)4-3-5-12/h6,15H,3-5H2,1-2H3. The minimum Gasteiger partial charge on any atom is -0.385 e. The zero-order valence-electron chi connectivity index (χ0n) is 8.90. The van der Waals surface area contributed by atoms with Crippen LogP contribution in [0.2, 0.25) is 0 Å². The number of rotatable bonds is 1. The van der Waals surface area contributed by atoms with Gasteiger partial charge in [-0.1, -0.05) is 15.9 Å². The van der Waals surface area contributed by atoms with E-state index in [1.165, 1.54) is 0 Å². The van der Waals surface area contributed by atoms with Crippen LogP contribution >= 0.6 is 15.9 Å². The fraction of sp³-hybridized carbons (Fsp3) is 0.500. The van der Waals surface area contributed by atoms with E-state index in [0.717, 1.165) is 16.5 Å². The average molecular weight is 273 g/mol. The molecule has 3 heteroatoms. The van der Waals surface area contributed by atoms with Crippen molar-refractivity contribution in [2.75, 3.05) is 0 Å². The van der Waals surface area contributed by atoms with Gasteiger partial charge in [-0.3, -0.25) is 0 Å². The van der Waals surface area contributed by atoms with Gasteiger partial charge in [0.05, 0.1) is 5.60 Å². The number of benzene rings is 1. The third-order valence-corrected chi connectivity index (χ3v) is 4.26. The Bertz CT molecular complexity index is 411. The Hall–Kier alpha value is -0.410. The zero-order chi connectivity index (χ0) is 11.2. The second kappa shape index (κ2) is 3.56. The molecule has 1 fully saturated rings. The van der Waals surface area contributed by atoms with Gasteiger partial charge in [0.2, 0.25) is 0 Å². The molecule has 0 unspecified atom stereocenters. The highest BCUT2D eigenvalue weighted by atomic mass is 79.9. The molecule has 1 aliphatic carbocycles. The molecule has 2 rings (SSSR count). The highest BCUT2D eigenvalue weighted by molar-refractivity contribution is 9.10.